The molecule has 0 saturated heterocycles. The smallest absolute Gasteiger partial charge is 0.229 e. The van der Waals surface area contributed by atoms with Crippen LogP contribution in [0.1, 0.15) is 11.5 Å². The Labute approximate surface area is 114 Å². The van der Waals surface area contributed by atoms with Crippen molar-refractivity contribution in [2.45, 2.75) is 20.0 Å². The quantitative estimate of drug-likeness (QED) is 0.634. The summed E-state index contributed by atoms with van der Waals surface area (Å²) in [5.74, 6) is 1.43. The Morgan fingerprint density at radius 2 is 2.00 bits per heavy atom. The van der Waals surface area contributed by atoms with Gasteiger partial charge in [0, 0.05) is 11.9 Å². The Balaban J connectivity index is 2.23. The van der Waals surface area contributed by atoms with E-state index in [9.17, 15) is 0 Å². The second-order valence-corrected chi connectivity index (χ2v) is 6.78. The van der Waals surface area contributed by atoms with Crippen LogP contribution in [0.25, 0.3) is 0 Å². The zero-order chi connectivity index (χ0) is 13.7. The molecule has 0 N–H and O–H groups in total. The van der Waals surface area contributed by atoms with E-state index in [1.807, 2.05) is 37.3 Å². The van der Waals surface area contributed by atoms with Crippen LogP contribution in [0.3, 0.4) is 0 Å². The molecule has 2 rings (SSSR count). The highest BCUT2D eigenvalue weighted by atomic mass is 28.3. The summed E-state index contributed by atoms with van der Waals surface area (Å²) >= 11 is 0. The fraction of sp³-hybridized carbons (Fsp3) is 0.214. The first kappa shape index (κ1) is 13.4. The van der Waals surface area contributed by atoms with E-state index in [0.717, 1.165) is 17.1 Å². The summed E-state index contributed by atoms with van der Waals surface area (Å²) in [6.45, 7) is 6.19. The first-order chi connectivity index (χ1) is 9.15. The Kier molecular flexibility index (Phi) is 4.41. The van der Waals surface area contributed by atoms with E-state index in [1.54, 1.807) is 12.4 Å². The summed E-state index contributed by atoms with van der Waals surface area (Å²) in [4.78, 5) is 12.9. The van der Waals surface area contributed by atoms with Crippen LogP contribution in [0.15, 0.2) is 41.5 Å². The lowest BCUT2D eigenvalue weighted by molar-refractivity contribution is 0.582. The van der Waals surface area contributed by atoms with Crippen molar-refractivity contribution in [3.63, 3.8) is 0 Å². The van der Waals surface area contributed by atoms with Gasteiger partial charge in [0.2, 0.25) is 9.04 Å². The van der Waals surface area contributed by atoms with Gasteiger partial charge in [-0.15, -0.1) is 0 Å². The molecule has 0 spiro atoms. The van der Waals surface area contributed by atoms with Crippen molar-refractivity contribution in [1.29, 1.82) is 0 Å². The van der Waals surface area contributed by atoms with Gasteiger partial charge in [0.25, 0.3) is 0 Å². The molecule has 1 heterocycles. The molecule has 0 aliphatic carbocycles. The van der Waals surface area contributed by atoms with Gasteiger partial charge in [-0.05, 0) is 38.2 Å². The van der Waals surface area contributed by atoms with Crippen molar-refractivity contribution in [1.82, 2.24) is 9.97 Å². The van der Waals surface area contributed by atoms with Gasteiger partial charge < -0.3 is 4.43 Å². The fourth-order valence-corrected chi connectivity index (χ4v) is 2.28. The molecule has 4 nitrogen and oxygen atoms in total. The third-order valence-corrected chi connectivity index (χ3v) is 3.09. The molecule has 0 saturated carbocycles. The maximum Gasteiger partial charge on any atom is 0.229 e. The number of para-hydroxylation sites is 2. The fourth-order valence-electron chi connectivity index (χ4n) is 1.58. The topological polar surface area (TPSA) is 47.4 Å². The van der Waals surface area contributed by atoms with E-state index >= 15 is 0 Å². The zero-order valence-corrected chi connectivity index (χ0v) is 12.5. The third kappa shape index (κ3) is 3.99. The average Bonchev–Trinajstić information content (AvgIpc) is 2.37. The van der Waals surface area contributed by atoms with E-state index < -0.39 is 9.04 Å². The summed E-state index contributed by atoms with van der Waals surface area (Å²) in [6, 6.07) is 9.63. The van der Waals surface area contributed by atoms with Crippen LogP contribution < -0.4 is 4.43 Å². The van der Waals surface area contributed by atoms with E-state index in [4.69, 9.17) is 4.43 Å². The molecule has 98 valence electrons. The second-order valence-electron chi connectivity index (χ2n) is 4.45. The number of nitrogens with zero attached hydrogens (tertiary/aromatic N) is 3. The van der Waals surface area contributed by atoms with Crippen LogP contribution in [0.5, 0.6) is 5.75 Å². The van der Waals surface area contributed by atoms with E-state index in [2.05, 4.69) is 28.1 Å². The Morgan fingerprint density at radius 1 is 1.21 bits per heavy atom. The molecule has 0 aliphatic rings. The minimum Gasteiger partial charge on any atom is -0.546 e. The van der Waals surface area contributed by atoms with Crippen LogP contribution >= 0.6 is 0 Å². The first-order valence-corrected chi connectivity index (χ1v) is 9.02. The lowest BCUT2D eigenvalue weighted by Gasteiger charge is -2.11. The number of hydrogen-bond donors (Lipinski definition) is 0. The van der Waals surface area contributed by atoms with Crippen molar-refractivity contribution >= 4 is 20.9 Å². The molecule has 0 aliphatic heterocycles. The molecule has 5 heteroatoms. The lowest BCUT2D eigenvalue weighted by atomic mass is 10.3. The third-order valence-electron chi connectivity index (χ3n) is 2.36. The standard InChI is InChI=1S/C14H17N3OSi/c1-11-8-9-15-14(17-11)10-16-12-6-4-5-7-13(12)18-19(2)3/h4-10,19H,1-3H3. The highest BCUT2D eigenvalue weighted by molar-refractivity contribution is 6.49. The number of aliphatic imine (C=N–C) groups is 1. The highest BCUT2D eigenvalue weighted by Crippen LogP contribution is 2.27. The number of rotatable bonds is 4. The van der Waals surface area contributed by atoms with Crippen molar-refractivity contribution in [3.05, 3.63) is 48.0 Å². The maximum atomic E-state index is 5.84. The van der Waals surface area contributed by atoms with Crippen LogP contribution in [0.2, 0.25) is 13.1 Å². The van der Waals surface area contributed by atoms with Gasteiger partial charge in [-0.2, -0.15) is 0 Å². The molecule has 1 aromatic heterocycles. The average molecular weight is 271 g/mol. The van der Waals surface area contributed by atoms with Gasteiger partial charge in [-0.25, -0.2) is 15.0 Å². The Morgan fingerprint density at radius 3 is 2.74 bits per heavy atom. The second kappa shape index (κ2) is 6.24. The molecule has 1 aromatic carbocycles. The molecule has 0 fully saturated rings. The van der Waals surface area contributed by atoms with Gasteiger partial charge in [-0.1, -0.05) is 12.1 Å². The molecule has 2 aromatic rings. The van der Waals surface area contributed by atoms with Crippen molar-refractivity contribution in [2.75, 3.05) is 0 Å². The molecular formula is C14H17N3OSi. The van der Waals surface area contributed by atoms with Gasteiger partial charge in [0.05, 0.1) is 6.21 Å². The molecule has 19 heavy (non-hydrogen) atoms. The van der Waals surface area contributed by atoms with E-state index in [-0.39, 0.29) is 0 Å². The zero-order valence-electron chi connectivity index (χ0n) is 11.4. The largest absolute Gasteiger partial charge is 0.546 e. The van der Waals surface area contributed by atoms with Crippen molar-refractivity contribution in [2.24, 2.45) is 4.99 Å². The van der Waals surface area contributed by atoms with Crippen LogP contribution in [-0.2, 0) is 0 Å². The highest BCUT2D eigenvalue weighted by Gasteiger charge is 2.04. The summed E-state index contributed by atoms with van der Waals surface area (Å²) in [5.41, 5.74) is 1.74. The predicted octanol–water partition coefficient (Wildman–Crippen LogP) is 2.90. The van der Waals surface area contributed by atoms with Gasteiger partial charge in [-0.3, -0.25) is 0 Å². The molecular weight excluding hydrogens is 254 g/mol. The Bertz CT molecular complexity index is 584. The monoisotopic (exact) mass is 271 g/mol. The first-order valence-electron chi connectivity index (χ1n) is 6.24. The van der Waals surface area contributed by atoms with Gasteiger partial charge in [0.15, 0.2) is 5.82 Å². The number of aryl methyl sites for hydroxylation is 1. The summed E-state index contributed by atoms with van der Waals surface area (Å²) in [7, 11) is -1.14. The SMILES string of the molecule is Cc1ccnc(C=Nc2ccccc2O[SiH](C)C)n1. The molecule has 0 amide bonds. The van der Waals surface area contributed by atoms with Crippen LogP contribution in [-0.4, -0.2) is 25.2 Å². The molecule has 0 atom stereocenters. The van der Waals surface area contributed by atoms with E-state index in [0.29, 0.717) is 5.82 Å². The van der Waals surface area contributed by atoms with E-state index in [1.165, 1.54) is 0 Å². The maximum absolute atomic E-state index is 5.84. The summed E-state index contributed by atoms with van der Waals surface area (Å²) in [6.07, 6.45) is 3.39. The minimum atomic E-state index is -1.14. The Hall–Kier alpha value is -2.01. The normalized spacial score (nSPS) is 11.2. The van der Waals surface area contributed by atoms with Crippen LogP contribution in [0, 0.1) is 6.92 Å². The van der Waals surface area contributed by atoms with Crippen molar-refractivity contribution in [3.8, 4) is 5.75 Å². The summed E-state index contributed by atoms with van der Waals surface area (Å²) < 4.78 is 5.84. The molecule has 0 radical (unpaired) electrons. The van der Waals surface area contributed by atoms with Crippen LogP contribution in [0.4, 0.5) is 5.69 Å². The number of aromatic nitrogens is 2. The number of hydrogen-bond acceptors (Lipinski definition) is 4. The minimum absolute atomic E-state index is 0.608. The molecule has 0 bridgehead atoms. The predicted molar refractivity (Wildman–Crippen MR) is 80.0 cm³/mol. The lowest BCUT2D eigenvalue weighted by Crippen LogP contribution is -2.11. The number of benzene rings is 1. The van der Waals surface area contributed by atoms with Crippen molar-refractivity contribution < 1.29 is 4.43 Å². The van der Waals surface area contributed by atoms with Gasteiger partial charge in [0.1, 0.15) is 11.4 Å². The molecule has 0 unspecified atom stereocenters. The summed E-state index contributed by atoms with van der Waals surface area (Å²) in [5, 5.41) is 0. The van der Waals surface area contributed by atoms with Gasteiger partial charge >= 0.3 is 0 Å².